The highest BCUT2D eigenvalue weighted by atomic mass is 35.5. The second-order valence-electron chi connectivity index (χ2n) is 2.23. The molecule has 0 aliphatic heterocycles. The van der Waals surface area contributed by atoms with Gasteiger partial charge in [0.05, 0.1) is 10.0 Å². The molecule has 64 valence electrons. The highest BCUT2D eigenvalue weighted by Gasteiger charge is 1.99. The summed E-state index contributed by atoms with van der Waals surface area (Å²) in [6.07, 6.45) is 3.82. The van der Waals surface area contributed by atoms with Gasteiger partial charge in [0.25, 0.3) is 0 Å². The molecule has 1 aromatic carbocycles. The van der Waals surface area contributed by atoms with Gasteiger partial charge in [-0.1, -0.05) is 47.5 Å². The Hall–Kier alpha value is -0.110. The first kappa shape index (κ1) is 9.97. The summed E-state index contributed by atoms with van der Waals surface area (Å²) in [5.74, 6) is 0.697. The van der Waals surface area contributed by atoms with E-state index in [1.807, 2.05) is 24.3 Å². The highest BCUT2D eigenvalue weighted by Crippen LogP contribution is 2.26. The third-order valence-corrected chi connectivity index (χ3v) is 2.43. The molecule has 12 heavy (non-hydrogen) atoms. The van der Waals surface area contributed by atoms with Gasteiger partial charge in [-0.3, -0.25) is 0 Å². The van der Waals surface area contributed by atoms with Gasteiger partial charge in [0.15, 0.2) is 0 Å². The number of hydrogen-bond acceptors (Lipinski definition) is 1. The van der Waals surface area contributed by atoms with Crippen LogP contribution < -0.4 is 0 Å². The Labute approximate surface area is 87.6 Å². The van der Waals surface area contributed by atoms with Gasteiger partial charge in [-0.15, -0.1) is 0 Å². The quantitative estimate of drug-likeness (QED) is 0.715. The van der Waals surface area contributed by atoms with Gasteiger partial charge in [0.2, 0.25) is 0 Å². The fourth-order valence-electron chi connectivity index (χ4n) is 0.829. The zero-order valence-electron chi connectivity index (χ0n) is 6.30. The minimum absolute atomic E-state index is 0.581. The summed E-state index contributed by atoms with van der Waals surface area (Å²) in [6, 6.07) is 5.54. The smallest absolute Gasteiger partial charge is 0.0664 e. The van der Waals surface area contributed by atoms with Crippen molar-refractivity contribution < 1.29 is 0 Å². The molecule has 0 aliphatic carbocycles. The van der Waals surface area contributed by atoms with E-state index in [0.29, 0.717) is 15.8 Å². The molecule has 0 amide bonds. The number of benzene rings is 1. The van der Waals surface area contributed by atoms with E-state index in [1.165, 1.54) is 0 Å². The Morgan fingerprint density at radius 3 is 2.75 bits per heavy atom. The summed E-state index contributed by atoms with van der Waals surface area (Å²) in [7, 11) is 0. The van der Waals surface area contributed by atoms with Gasteiger partial charge in [-0.25, -0.2) is 0 Å². The molecule has 0 N–H and O–H groups in total. The normalized spacial score (nSPS) is 10.9. The summed E-state index contributed by atoms with van der Waals surface area (Å²) in [4.78, 5) is 0. The summed E-state index contributed by atoms with van der Waals surface area (Å²) >= 11 is 15.8. The molecule has 0 saturated carbocycles. The van der Waals surface area contributed by atoms with Crippen LogP contribution in [0.25, 0.3) is 6.08 Å². The van der Waals surface area contributed by atoms with Crippen LogP contribution in [0.2, 0.25) is 10.0 Å². The van der Waals surface area contributed by atoms with Crippen molar-refractivity contribution in [3.05, 3.63) is 39.9 Å². The SMILES string of the molecule is SCC=Cc1cccc(Cl)c1Cl. The molecule has 0 aliphatic rings. The molecular weight excluding hydrogens is 211 g/mol. The number of halogens is 2. The van der Waals surface area contributed by atoms with E-state index in [4.69, 9.17) is 23.2 Å². The van der Waals surface area contributed by atoms with Crippen LogP contribution in [0.4, 0.5) is 0 Å². The summed E-state index contributed by atoms with van der Waals surface area (Å²) in [6.45, 7) is 0. The van der Waals surface area contributed by atoms with Crippen LogP contribution in [-0.4, -0.2) is 5.75 Å². The van der Waals surface area contributed by atoms with Crippen LogP contribution >= 0.6 is 35.8 Å². The lowest BCUT2D eigenvalue weighted by Crippen LogP contribution is -1.75. The Balaban J connectivity index is 3.00. The van der Waals surface area contributed by atoms with Crippen molar-refractivity contribution in [1.29, 1.82) is 0 Å². The molecule has 0 nitrogen and oxygen atoms in total. The van der Waals surface area contributed by atoms with Crippen LogP contribution in [0, 0.1) is 0 Å². The topological polar surface area (TPSA) is 0 Å². The molecule has 0 saturated heterocycles. The molecule has 3 heteroatoms. The number of rotatable bonds is 2. The van der Waals surface area contributed by atoms with Gasteiger partial charge >= 0.3 is 0 Å². The van der Waals surface area contributed by atoms with Crippen LogP contribution in [0.3, 0.4) is 0 Å². The van der Waals surface area contributed by atoms with Crippen molar-refractivity contribution in [2.24, 2.45) is 0 Å². The highest BCUT2D eigenvalue weighted by molar-refractivity contribution is 7.80. The van der Waals surface area contributed by atoms with E-state index >= 15 is 0 Å². The minimum atomic E-state index is 0.581. The largest absolute Gasteiger partial charge is 0.175 e. The van der Waals surface area contributed by atoms with E-state index < -0.39 is 0 Å². The van der Waals surface area contributed by atoms with Crippen molar-refractivity contribution in [2.45, 2.75) is 0 Å². The minimum Gasteiger partial charge on any atom is -0.175 e. The average Bonchev–Trinajstić information content (AvgIpc) is 2.08. The van der Waals surface area contributed by atoms with Crippen LogP contribution in [-0.2, 0) is 0 Å². The standard InChI is InChI=1S/C9H8Cl2S/c10-8-5-1-3-7(9(8)11)4-2-6-12/h1-5,12H,6H2. The first-order valence-corrected chi connectivity index (χ1v) is 4.86. The molecule has 0 heterocycles. The van der Waals surface area contributed by atoms with Crippen molar-refractivity contribution in [1.82, 2.24) is 0 Å². The first-order chi connectivity index (χ1) is 5.75. The molecule has 0 radical (unpaired) electrons. The summed E-state index contributed by atoms with van der Waals surface area (Å²) < 4.78 is 0. The predicted octanol–water partition coefficient (Wildman–Crippen LogP) is 3.94. The van der Waals surface area contributed by atoms with Crippen molar-refractivity contribution in [3.63, 3.8) is 0 Å². The molecule has 0 spiro atoms. The van der Waals surface area contributed by atoms with Crippen molar-refractivity contribution in [3.8, 4) is 0 Å². The molecule has 0 unspecified atom stereocenters. The van der Waals surface area contributed by atoms with E-state index in [2.05, 4.69) is 12.6 Å². The first-order valence-electron chi connectivity index (χ1n) is 3.47. The Morgan fingerprint density at radius 1 is 1.33 bits per heavy atom. The van der Waals surface area contributed by atoms with Crippen molar-refractivity contribution >= 4 is 41.9 Å². The van der Waals surface area contributed by atoms with E-state index in [9.17, 15) is 0 Å². The Bertz CT molecular complexity index is 295. The molecular formula is C9H8Cl2S. The van der Waals surface area contributed by atoms with Crippen molar-refractivity contribution in [2.75, 3.05) is 5.75 Å². The monoisotopic (exact) mass is 218 g/mol. The second-order valence-corrected chi connectivity index (χ2v) is 3.38. The third kappa shape index (κ3) is 2.44. The molecule has 0 bridgehead atoms. The number of thiol groups is 1. The maximum Gasteiger partial charge on any atom is 0.0664 e. The lowest BCUT2D eigenvalue weighted by molar-refractivity contribution is 1.64. The molecule has 1 aromatic rings. The lowest BCUT2D eigenvalue weighted by Gasteiger charge is -1.98. The Morgan fingerprint density at radius 2 is 2.08 bits per heavy atom. The fourth-order valence-corrected chi connectivity index (χ4v) is 1.31. The van der Waals surface area contributed by atoms with Gasteiger partial charge in [0, 0.05) is 5.75 Å². The van der Waals surface area contributed by atoms with Crippen LogP contribution in [0.1, 0.15) is 5.56 Å². The average molecular weight is 219 g/mol. The van der Waals surface area contributed by atoms with E-state index in [1.54, 1.807) is 6.07 Å². The van der Waals surface area contributed by atoms with Gasteiger partial charge in [0.1, 0.15) is 0 Å². The van der Waals surface area contributed by atoms with Crippen LogP contribution in [0.15, 0.2) is 24.3 Å². The third-order valence-electron chi connectivity index (χ3n) is 1.38. The molecule has 0 aromatic heterocycles. The lowest BCUT2D eigenvalue weighted by atomic mass is 10.2. The maximum atomic E-state index is 5.92. The van der Waals surface area contributed by atoms with E-state index in [0.717, 1.165) is 5.56 Å². The maximum absolute atomic E-state index is 5.92. The number of hydrogen-bond donors (Lipinski definition) is 1. The Kier molecular flexibility index (Phi) is 3.99. The van der Waals surface area contributed by atoms with Gasteiger partial charge in [-0.2, -0.15) is 12.6 Å². The summed E-state index contributed by atoms with van der Waals surface area (Å²) in [5, 5.41) is 1.18. The van der Waals surface area contributed by atoms with E-state index in [-0.39, 0.29) is 0 Å². The molecule has 0 atom stereocenters. The predicted molar refractivity (Wildman–Crippen MR) is 59.3 cm³/mol. The fraction of sp³-hybridized carbons (Fsp3) is 0.111. The van der Waals surface area contributed by atoms with Gasteiger partial charge < -0.3 is 0 Å². The molecule has 0 fully saturated rings. The molecule has 1 rings (SSSR count). The zero-order chi connectivity index (χ0) is 8.97. The summed E-state index contributed by atoms with van der Waals surface area (Å²) in [5.41, 5.74) is 0.929. The van der Waals surface area contributed by atoms with Crippen LogP contribution in [0.5, 0.6) is 0 Å². The second kappa shape index (κ2) is 4.80. The zero-order valence-corrected chi connectivity index (χ0v) is 8.70. The van der Waals surface area contributed by atoms with Gasteiger partial charge in [-0.05, 0) is 11.6 Å².